The van der Waals surface area contributed by atoms with Gasteiger partial charge in [-0.25, -0.2) is 18.5 Å². The molecule has 2 heterocycles. The van der Waals surface area contributed by atoms with Gasteiger partial charge < -0.3 is 34.5 Å². The number of aliphatic hydroxyl groups is 2. The molecule has 0 saturated carbocycles. The second-order valence-electron chi connectivity index (χ2n) is 6.14. The first-order valence-corrected chi connectivity index (χ1v) is 12.5. The van der Waals surface area contributed by atoms with Crippen molar-refractivity contribution in [1.82, 2.24) is 9.55 Å². The standard InChI is InChI=1S/C10H14F3N2O15P3/c11-10(12,13)3-1-15(9(19)14-7(3)18)8-6(17)5(16)4(28-8)2-27-32(23,24)30-33(25,26)29-31(20,21)22/h1,4-6,8,16-17H,2H2,(H,23,24)(H,25,26)(H,14,18,19)(H2,20,21,22). The average molecular weight is 552 g/mol. The number of halogens is 3. The third-order valence-electron chi connectivity index (χ3n) is 3.70. The zero-order valence-electron chi connectivity index (χ0n) is 15.4. The number of H-pyrrole nitrogens is 1. The molecule has 1 aromatic rings. The highest BCUT2D eigenvalue weighted by Gasteiger charge is 2.47. The van der Waals surface area contributed by atoms with E-state index < -0.39 is 77.6 Å². The fourth-order valence-electron chi connectivity index (χ4n) is 2.44. The fourth-order valence-corrected chi connectivity index (χ4v) is 5.47. The van der Waals surface area contributed by atoms with Gasteiger partial charge in [0.25, 0.3) is 5.56 Å². The molecule has 0 aromatic carbocycles. The van der Waals surface area contributed by atoms with Crippen LogP contribution in [0.3, 0.4) is 0 Å². The molecule has 2 rings (SSSR count). The Kier molecular flexibility index (Phi) is 8.00. The fraction of sp³-hybridized carbons (Fsp3) is 0.600. The molecule has 33 heavy (non-hydrogen) atoms. The molecule has 6 atom stereocenters. The summed E-state index contributed by atoms with van der Waals surface area (Å²) in [5.41, 5.74) is -5.15. The number of aliphatic hydroxyl groups excluding tert-OH is 2. The van der Waals surface area contributed by atoms with Crippen LogP contribution in [0.25, 0.3) is 0 Å². The summed E-state index contributed by atoms with van der Waals surface area (Å²) in [7, 11) is -17.2. The Labute approximate surface area is 178 Å². The first-order chi connectivity index (χ1) is 14.7. The van der Waals surface area contributed by atoms with Crippen molar-refractivity contribution < 1.29 is 74.5 Å². The van der Waals surface area contributed by atoms with Gasteiger partial charge in [0.05, 0.1) is 6.61 Å². The molecule has 6 unspecified atom stereocenters. The Morgan fingerprint density at radius 3 is 2.12 bits per heavy atom. The summed E-state index contributed by atoms with van der Waals surface area (Å²) in [6.45, 7) is -1.28. The highest BCUT2D eigenvalue weighted by molar-refractivity contribution is 7.66. The van der Waals surface area contributed by atoms with Gasteiger partial charge in [0.1, 0.15) is 23.9 Å². The topological polar surface area (TPSA) is 264 Å². The summed E-state index contributed by atoms with van der Waals surface area (Å²) >= 11 is 0. The SMILES string of the molecule is O=c1[nH]c(=O)n(C2OC(COP(=O)(O)OP(=O)(O)OP(=O)(O)O)C(O)C2O)cc1C(F)(F)F. The lowest BCUT2D eigenvalue weighted by Gasteiger charge is -2.19. The van der Waals surface area contributed by atoms with Gasteiger partial charge in [-0.1, -0.05) is 0 Å². The number of alkyl halides is 3. The number of aromatic amines is 1. The third kappa shape index (κ3) is 7.37. The molecule has 1 aliphatic rings. The Hall–Kier alpha value is -1.24. The molecule has 0 amide bonds. The summed E-state index contributed by atoms with van der Waals surface area (Å²) in [6, 6.07) is 0. The number of hydrogen-bond acceptors (Lipinski definition) is 11. The summed E-state index contributed by atoms with van der Waals surface area (Å²) in [4.78, 5) is 59.8. The van der Waals surface area contributed by atoms with Crippen LogP contribution in [0.4, 0.5) is 13.2 Å². The quantitative estimate of drug-likeness (QED) is 0.181. The Morgan fingerprint density at radius 1 is 1.03 bits per heavy atom. The highest BCUT2D eigenvalue weighted by atomic mass is 31.3. The number of phosphoric acid groups is 3. The summed E-state index contributed by atoms with van der Waals surface area (Å²) in [5, 5.41) is 19.9. The van der Waals surface area contributed by atoms with Crippen LogP contribution >= 0.6 is 23.5 Å². The van der Waals surface area contributed by atoms with E-state index in [0.717, 1.165) is 0 Å². The molecule has 0 bridgehead atoms. The second-order valence-corrected chi connectivity index (χ2v) is 10.6. The van der Waals surface area contributed by atoms with E-state index in [1.165, 1.54) is 4.98 Å². The van der Waals surface area contributed by atoms with Crippen LogP contribution in [0.1, 0.15) is 11.8 Å². The maximum atomic E-state index is 12.9. The minimum atomic E-state index is -5.86. The van der Waals surface area contributed by atoms with E-state index >= 15 is 0 Å². The Bertz CT molecular complexity index is 1140. The summed E-state index contributed by atoms with van der Waals surface area (Å²) < 4.78 is 88.3. The molecule has 1 saturated heterocycles. The van der Waals surface area contributed by atoms with E-state index in [-0.39, 0.29) is 10.8 Å². The minimum absolute atomic E-state index is 0.00745. The Morgan fingerprint density at radius 2 is 1.61 bits per heavy atom. The van der Waals surface area contributed by atoms with E-state index in [9.17, 15) is 51.6 Å². The maximum absolute atomic E-state index is 12.9. The van der Waals surface area contributed by atoms with Crippen molar-refractivity contribution in [3.63, 3.8) is 0 Å². The lowest BCUT2D eigenvalue weighted by Crippen LogP contribution is -2.40. The van der Waals surface area contributed by atoms with Crippen LogP contribution in [0.15, 0.2) is 15.8 Å². The predicted molar refractivity (Wildman–Crippen MR) is 92.1 cm³/mol. The van der Waals surface area contributed by atoms with Crippen molar-refractivity contribution in [3.8, 4) is 0 Å². The van der Waals surface area contributed by atoms with Gasteiger partial charge in [-0.05, 0) is 0 Å². The van der Waals surface area contributed by atoms with E-state index in [2.05, 4.69) is 13.1 Å². The molecule has 1 aromatic heterocycles. The summed E-state index contributed by atoms with van der Waals surface area (Å²) in [6.07, 6.45) is -13.4. The smallest absolute Gasteiger partial charge is 0.387 e. The van der Waals surface area contributed by atoms with Crippen molar-refractivity contribution in [2.75, 3.05) is 6.61 Å². The molecule has 7 N–H and O–H groups in total. The average Bonchev–Trinajstić information content (AvgIpc) is 2.84. The number of aromatic nitrogens is 2. The van der Waals surface area contributed by atoms with E-state index in [0.29, 0.717) is 0 Å². The van der Waals surface area contributed by atoms with E-state index in [4.69, 9.17) is 19.4 Å². The van der Waals surface area contributed by atoms with Crippen LogP contribution in [0.2, 0.25) is 0 Å². The van der Waals surface area contributed by atoms with Crippen LogP contribution in [0, 0.1) is 0 Å². The second kappa shape index (κ2) is 9.43. The van der Waals surface area contributed by atoms with E-state index in [1.54, 1.807) is 0 Å². The molecule has 23 heteroatoms. The van der Waals surface area contributed by atoms with Crippen molar-refractivity contribution >= 4 is 23.5 Å². The predicted octanol–water partition coefficient (Wildman–Crippen LogP) is -1.48. The summed E-state index contributed by atoms with van der Waals surface area (Å²) in [5.74, 6) is 0. The zero-order valence-corrected chi connectivity index (χ0v) is 18.1. The largest absolute Gasteiger partial charge is 0.490 e. The molecule has 0 aliphatic carbocycles. The van der Waals surface area contributed by atoms with Gasteiger partial charge in [-0.3, -0.25) is 18.9 Å². The molecule has 0 spiro atoms. The van der Waals surface area contributed by atoms with Crippen molar-refractivity contribution in [2.45, 2.75) is 30.7 Å². The molecular formula is C10H14F3N2O15P3. The monoisotopic (exact) mass is 552 g/mol. The van der Waals surface area contributed by atoms with Crippen molar-refractivity contribution in [3.05, 3.63) is 32.6 Å². The highest BCUT2D eigenvalue weighted by Crippen LogP contribution is 2.66. The molecule has 190 valence electrons. The Balaban J connectivity index is 2.18. The van der Waals surface area contributed by atoms with Gasteiger partial charge in [-0.2, -0.15) is 21.8 Å². The molecule has 1 aliphatic heterocycles. The maximum Gasteiger partial charge on any atom is 0.490 e. The normalized spacial score (nSPS) is 27.8. The van der Waals surface area contributed by atoms with Gasteiger partial charge in [0.2, 0.25) is 0 Å². The van der Waals surface area contributed by atoms with Gasteiger partial charge in [0.15, 0.2) is 6.23 Å². The number of rotatable bonds is 8. The number of phosphoric ester groups is 1. The van der Waals surface area contributed by atoms with Crippen molar-refractivity contribution in [1.29, 1.82) is 0 Å². The van der Waals surface area contributed by atoms with Crippen LogP contribution in [-0.2, 0) is 37.8 Å². The minimum Gasteiger partial charge on any atom is -0.387 e. The first kappa shape index (κ1) is 28.0. The number of ether oxygens (including phenoxy) is 1. The molecule has 1 fully saturated rings. The number of nitrogens with one attached hydrogen (secondary N) is 1. The van der Waals surface area contributed by atoms with Gasteiger partial charge in [-0.15, -0.1) is 0 Å². The third-order valence-corrected chi connectivity index (χ3v) is 7.51. The van der Waals surface area contributed by atoms with Crippen molar-refractivity contribution in [2.24, 2.45) is 0 Å². The number of nitrogens with zero attached hydrogens (tertiary/aromatic N) is 1. The molecular weight excluding hydrogens is 538 g/mol. The van der Waals surface area contributed by atoms with Crippen LogP contribution in [0.5, 0.6) is 0 Å². The van der Waals surface area contributed by atoms with Gasteiger partial charge in [0, 0.05) is 6.20 Å². The lowest BCUT2D eigenvalue weighted by atomic mass is 10.1. The van der Waals surface area contributed by atoms with Crippen LogP contribution in [-0.4, -0.2) is 64.3 Å². The first-order valence-electron chi connectivity index (χ1n) is 7.95. The molecule has 17 nitrogen and oxygen atoms in total. The number of hydrogen-bond donors (Lipinski definition) is 7. The lowest BCUT2D eigenvalue weighted by molar-refractivity contribution is -0.140. The van der Waals surface area contributed by atoms with E-state index in [1.807, 2.05) is 0 Å². The van der Waals surface area contributed by atoms with Crippen LogP contribution < -0.4 is 11.2 Å². The van der Waals surface area contributed by atoms with Gasteiger partial charge >= 0.3 is 35.3 Å². The zero-order chi connectivity index (χ0) is 25.6. The molecule has 0 radical (unpaired) electrons.